The van der Waals surface area contributed by atoms with Crippen molar-refractivity contribution >= 4 is 22.6 Å². The molecule has 1 unspecified atom stereocenters. The molecule has 0 aromatic heterocycles. The average Bonchev–Trinajstić information content (AvgIpc) is 2.47. The second-order valence-electron chi connectivity index (χ2n) is 5.20. The van der Waals surface area contributed by atoms with Crippen LogP contribution in [-0.4, -0.2) is 41.0 Å². The molecule has 3 rings (SSSR count). The molecule has 0 spiro atoms. The molecule has 1 heterocycles. The first-order valence-corrected chi connectivity index (χ1v) is 6.85. The van der Waals surface area contributed by atoms with Gasteiger partial charge in [-0.25, -0.2) is 0 Å². The van der Waals surface area contributed by atoms with Crippen LogP contribution in [0.25, 0.3) is 10.8 Å². The Bertz CT molecular complexity index is 693. The van der Waals surface area contributed by atoms with Crippen LogP contribution in [0.1, 0.15) is 5.56 Å². The fourth-order valence-electron chi connectivity index (χ4n) is 2.75. The zero-order valence-corrected chi connectivity index (χ0v) is 11.5. The fourth-order valence-corrected chi connectivity index (χ4v) is 2.75. The summed E-state index contributed by atoms with van der Waals surface area (Å²) in [6.45, 7) is 0.713. The molecule has 1 aliphatic heterocycles. The van der Waals surface area contributed by atoms with Crippen molar-refractivity contribution in [3.8, 4) is 0 Å². The molecule has 2 aromatic rings. The number of piperazine rings is 1. The first kappa shape index (κ1) is 13.6. The van der Waals surface area contributed by atoms with E-state index in [4.69, 9.17) is 0 Å². The second-order valence-corrected chi connectivity index (χ2v) is 5.20. The van der Waals surface area contributed by atoms with Crippen molar-refractivity contribution in [2.75, 3.05) is 13.1 Å². The van der Waals surface area contributed by atoms with Crippen molar-refractivity contribution in [2.24, 2.45) is 0 Å². The van der Waals surface area contributed by atoms with Gasteiger partial charge in [0.15, 0.2) is 0 Å². The van der Waals surface area contributed by atoms with Gasteiger partial charge in [0.25, 0.3) is 0 Å². The number of carboxylic acid groups (broad SMARTS) is 1. The lowest BCUT2D eigenvalue weighted by atomic mass is 10.0. The fraction of sp³-hybridized carbons (Fsp3) is 0.250. The van der Waals surface area contributed by atoms with Crippen LogP contribution in [0, 0.1) is 0 Å². The highest BCUT2D eigenvalue weighted by atomic mass is 16.4. The van der Waals surface area contributed by atoms with Crippen molar-refractivity contribution in [2.45, 2.75) is 12.6 Å². The molecule has 1 aliphatic rings. The molecule has 21 heavy (non-hydrogen) atoms. The van der Waals surface area contributed by atoms with Crippen molar-refractivity contribution < 1.29 is 14.7 Å². The van der Waals surface area contributed by atoms with Gasteiger partial charge in [0, 0.05) is 13.1 Å². The summed E-state index contributed by atoms with van der Waals surface area (Å²) in [5, 5.41) is 14.1. The van der Waals surface area contributed by atoms with Crippen molar-refractivity contribution in [1.82, 2.24) is 10.2 Å². The van der Waals surface area contributed by atoms with Crippen molar-refractivity contribution in [1.29, 1.82) is 0 Å². The summed E-state index contributed by atoms with van der Waals surface area (Å²) >= 11 is 0. The number of nitrogens with zero attached hydrogens (tertiary/aromatic N) is 1. The molecule has 5 nitrogen and oxygen atoms in total. The maximum atomic E-state index is 11.5. The highest BCUT2D eigenvalue weighted by Crippen LogP contribution is 2.21. The molecule has 1 atom stereocenters. The van der Waals surface area contributed by atoms with Gasteiger partial charge >= 0.3 is 5.97 Å². The van der Waals surface area contributed by atoms with Gasteiger partial charge in [0.2, 0.25) is 5.91 Å². The summed E-state index contributed by atoms with van der Waals surface area (Å²) in [6, 6.07) is 13.3. The Morgan fingerprint density at radius 3 is 2.81 bits per heavy atom. The van der Waals surface area contributed by atoms with E-state index >= 15 is 0 Å². The number of carbonyl (C=O) groups excluding carboxylic acids is 1. The lowest BCUT2D eigenvalue weighted by molar-refractivity contribution is -0.146. The zero-order valence-electron chi connectivity index (χ0n) is 11.5. The van der Waals surface area contributed by atoms with E-state index in [0.29, 0.717) is 6.54 Å². The Labute approximate surface area is 122 Å². The van der Waals surface area contributed by atoms with E-state index in [0.717, 1.165) is 16.3 Å². The van der Waals surface area contributed by atoms with Crippen LogP contribution in [-0.2, 0) is 16.1 Å². The lowest BCUT2D eigenvalue weighted by Gasteiger charge is -2.32. The standard InChI is InChI=1S/C16H16N2O3/c19-15-10-18(14(8-17-15)16(20)21)9-12-6-3-5-11-4-1-2-7-13(11)12/h1-7,14H,8-10H2,(H,17,19)(H,20,21). The monoisotopic (exact) mass is 284 g/mol. The highest BCUT2D eigenvalue weighted by molar-refractivity contribution is 5.86. The van der Waals surface area contributed by atoms with Crippen LogP contribution in [0.3, 0.4) is 0 Å². The topological polar surface area (TPSA) is 69.6 Å². The summed E-state index contributed by atoms with van der Waals surface area (Å²) < 4.78 is 0. The van der Waals surface area contributed by atoms with Gasteiger partial charge in [-0.15, -0.1) is 0 Å². The normalized spacial score (nSPS) is 19.4. The Balaban J connectivity index is 1.92. The molecule has 108 valence electrons. The summed E-state index contributed by atoms with van der Waals surface area (Å²) in [5.74, 6) is -1.04. The third-order valence-corrected chi connectivity index (χ3v) is 3.82. The lowest BCUT2D eigenvalue weighted by Crippen LogP contribution is -2.56. The van der Waals surface area contributed by atoms with Crippen LogP contribution in [0.5, 0.6) is 0 Å². The number of aliphatic carboxylic acids is 1. The molecule has 5 heteroatoms. The third-order valence-electron chi connectivity index (χ3n) is 3.82. The molecule has 0 bridgehead atoms. The zero-order chi connectivity index (χ0) is 14.8. The molecular weight excluding hydrogens is 268 g/mol. The van der Waals surface area contributed by atoms with Crippen LogP contribution in [0.15, 0.2) is 42.5 Å². The minimum atomic E-state index is -0.907. The summed E-state index contributed by atoms with van der Waals surface area (Å²) in [5.41, 5.74) is 1.04. The van der Waals surface area contributed by atoms with Gasteiger partial charge in [-0.05, 0) is 16.3 Å². The number of rotatable bonds is 3. The Kier molecular flexibility index (Phi) is 3.58. The van der Waals surface area contributed by atoms with E-state index in [1.54, 1.807) is 4.90 Å². The summed E-state index contributed by atoms with van der Waals surface area (Å²) in [6.07, 6.45) is 0. The van der Waals surface area contributed by atoms with Crippen LogP contribution in [0.4, 0.5) is 0 Å². The number of hydrogen-bond acceptors (Lipinski definition) is 3. The minimum Gasteiger partial charge on any atom is -0.480 e. The van der Waals surface area contributed by atoms with Crippen LogP contribution in [0.2, 0.25) is 0 Å². The predicted molar refractivity (Wildman–Crippen MR) is 78.8 cm³/mol. The molecule has 2 aromatic carbocycles. The van der Waals surface area contributed by atoms with E-state index < -0.39 is 12.0 Å². The van der Waals surface area contributed by atoms with E-state index in [2.05, 4.69) is 5.32 Å². The quantitative estimate of drug-likeness (QED) is 0.889. The van der Waals surface area contributed by atoms with Crippen molar-refractivity contribution in [3.63, 3.8) is 0 Å². The number of fused-ring (bicyclic) bond motifs is 1. The van der Waals surface area contributed by atoms with Gasteiger partial charge in [0.05, 0.1) is 6.54 Å². The number of benzene rings is 2. The second kappa shape index (κ2) is 5.54. The Hall–Kier alpha value is -2.40. The number of amides is 1. The van der Waals surface area contributed by atoms with Crippen LogP contribution >= 0.6 is 0 Å². The molecular formula is C16H16N2O3. The van der Waals surface area contributed by atoms with Crippen LogP contribution < -0.4 is 5.32 Å². The molecule has 0 saturated carbocycles. The van der Waals surface area contributed by atoms with Gasteiger partial charge in [-0.3, -0.25) is 14.5 Å². The first-order valence-electron chi connectivity index (χ1n) is 6.85. The van der Waals surface area contributed by atoms with E-state index in [1.807, 2.05) is 42.5 Å². The predicted octanol–water partition coefficient (Wildman–Crippen LogP) is 1.22. The van der Waals surface area contributed by atoms with E-state index in [-0.39, 0.29) is 19.0 Å². The maximum Gasteiger partial charge on any atom is 0.322 e. The molecule has 1 saturated heterocycles. The smallest absolute Gasteiger partial charge is 0.322 e. The van der Waals surface area contributed by atoms with Gasteiger partial charge < -0.3 is 10.4 Å². The van der Waals surface area contributed by atoms with E-state index in [1.165, 1.54) is 0 Å². The largest absolute Gasteiger partial charge is 0.480 e. The molecule has 1 amide bonds. The summed E-state index contributed by atoms with van der Waals surface area (Å²) in [4.78, 5) is 24.6. The Morgan fingerprint density at radius 2 is 2.00 bits per heavy atom. The van der Waals surface area contributed by atoms with Crippen molar-refractivity contribution in [3.05, 3.63) is 48.0 Å². The van der Waals surface area contributed by atoms with E-state index in [9.17, 15) is 14.7 Å². The van der Waals surface area contributed by atoms with Gasteiger partial charge in [-0.2, -0.15) is 0 Å². The molecule has 0 radical (unpaired) electrons. The number of carbonyl (C=O) groups is 2. The minimum absolute atomic E-state index is 0.111. The number of carboxylic acids is 1. The van der Waals surface area contributed by atoms with Gasteiger partial charge in [0.1, 0.15) is 6.04 Å². The molecule has 1 fully saturated rings. The SMILES string of the molecule is O=C1CN(Cc2cccc3ccccc23)C(C(=O)O)CN1. The Morgan fingerprint density at radius 1 is 1.24 bits per heavy atom. The molecule has 0 aliphatic carbocycles. The summed E-state index contributed by atoms with van der Waals surface area (Å²) in [7, 11) is 0. The number of nitrogens with one attached hydrogen (secondary N) is 1. The maximum absolute atomic E-state index is 11.5. The third kappa shape index (κ3) is 2.73. The first-order chi connectivity index (χ1) is 10.1. The highest BCUT2D eigenvalue weighted by Gasteiger charge is 2.31. The number of hydrogen-bond donors (Lipinski definition) is 2. The molecule has 2 N–H and O–H groups in total. The van der Waals surface area contributed by atoms with Gasteiger partial charge in [-0.1, -0.05) is 42.5 Å². The average molecular weight is 284 g/mol.